The number of carbonyl (C=O) groups is 8. The molecule has 0 aromatic rings. The van der Waals surface area contributed by atoms with E-state index in [4.69, 9.17) is 0 Å². The largest absolute Gasteiger partial charge is 1.00 e. The first-order valence-electron chi connectivity index (χ1n) is 35.1. The lowest BCUT2D eigenvalue weighted by molar-refractivity contribution is -0.128. The van der Waals surface area contributed by atoms with E-state index in [0.717, 1.165) is 164 Å². The van der Waals surface area contributed by atoms with Gasteiger partial charge in [-0.3, -0.25) is 38.4 Å². The summed E-state index contributed by atoms with van der Waals surface area (Å²) in [4.78, 5) is 97.0. The van der Waals surface area contributed by atoms with Gasteiger partial charge in [-0.2, -0.15) is 0 Å². The highest BCUT2D eigenvalue weighted by molar-refractivity contribution is 8.77. The van der Waals surface area contributed by atoms with Gasteiger partial charge >= 0.3 is 1.43 Å². The van der Waals surface area contributed by atoms with Gasteiger partial charge in [0.1, 0.15) is 0 Å². The molecule has 0 aliphatic carbocycles. The van der Waals surface area contributed by atoms with Gasteiger partial charge in [-0.1, -0.05) is 219 Å². The maximum Gasteiger partial charge on any atom is 1.00 e. The van der Waals surface area contributed by atoms with Crippen molar-refractivity contribution in [1.82, 2.24) is 41.7 Å². The molecule has 2 unspecified atom stereocenters. The number of amides is 8. The Balaban J connectivity index is -0.000000882. The van der Waals surface area contributed by atoms with Crippen molar-refractivity contribution < 1.29 is 45.3 Å². The van der Waals surface area contributed by atoms with Crippen molar-refractivity contribution in [2.75, 3.05) is 51.2 Å². The van der Waals surface area contributed by atoms with Crippen LogP contribution in [0.3, 0.4) is 0 Å². The highest BCUT2D eigenvalue weighted by Gasteiger charge is 2.13. The monoisotopic (exact) mass is 1400 g/mol. The summed E-state index contributed by atoms with van der Waals surface area (Å²) in [6.45, 7) is 13.6. The smallest absolute Gasteiger partial charge is 0.412 e. The summed E-state index contributed by atoms with van der Waals surface area (Å²) in [5.41, 5.74) is 0. The minimum Gasteiger partial charge on any atom is -0.412 e. The summed E-state index contributed by atoms with van der Waals surface area (Å²) < 4.78 is 0. The van der Waals surface area contributed by atoms with Crippen LogP contribution in [0.25, 0.3) is 0 Å². The lowest BCUT2D eigenvalue weighted by Crippen LogP contribution is -2.34. The maximum atomic E-state index is 12.1. The predicted molar refractivity (Wildman–Crippen MR) is 411 cm³/mol. The van der Waals surface area contributed by atoms with Crippen molar-refractivity contribution in [3.05, 3.63) is 98.5 Å². The van der Waals surface area contributed by atoms with Gasteiger partial charge in [0.25, 0.3) is 0 Å². The normalized spacial score (nSPS) is 12.6. The number of nitrogens with zero attached hydrogens (tertiary/aromatic N) is 2. The van der Waals surface area contributed by atoms with Gasteiger partial charge in [-0.15, -0.1) is 13.2 Å². The SMILES string of the molecule is C=CC/C=C/N(C)C(=O)CCCCCCCC/C=C/C(CSSC[C@@H](/C=C/CCCCCCCCC(=O)N(C)/C=C/CC=C)NC(C)=O)NC(C)=O.CNC(=O)CCCCCCCC/C=C/C(CSSC[C@@H](/C=C/CCCCCCCCC(=O)NC)NC(C)=O)NC(C)=O.O.[H+]. The first-order valence-corrected chi connectivity index (χ1v) is 40.1. The van der Waals surface area contributed by atoms with Crippen molar-refractivity contribution >= 4 is 90.4 Å². The molecule has 0 aromatic carbocycles. The van der Waals surface area contributed by atoms with Gasteiger partial charge in [0.05, 0.1) is 24.2 Å². The number of allylic oxidation sites excluding steroid dienone is 8. The Bertz CT molecular complexity index is 2070. The molecule has 0 spiro atoms. The molecule has 0 heterocycles. The Morgan fingerprint density at radius 1 is 0.358 bits per heavy atom. The summed E-state index contributed by atoms with van der Waals surface area (Å²) in [5.74, 6) is 3.47. The fraction of sp³-hybridized carbons (Fsp3) is 0.676. The molecule has 544 valence electrons. The fourth-order valence-corrected chi connectivity index (χ4v) is 14.2. The summed E-state index contributed by atoms with van der Waals surface area (Å²) >= 11 is 0. The zero-order valence-electron chi connectivity index (χ0n) is 61.0. The Morgan fingerprint density at radius 2 is 0.579 bits per heavy atom. The number of rotatable bonds is 60. The van der Waals surface area contributed by atoms with E-state index in [0.29, 0.717) is 25.7 Å². The fourth-order valence-electron chi connectivity index (χ4n) is 9.55. The molecule has 17 nitrogen and oxygen atoms in total. The van der Waals surface area contributed by atoms with Gasteiger partial charge in [0.15, 0.2) is 0 Å². The van der Waals surface area contributed by atoms with E-state index < -0.39 is 0 Å². The van der Waals surface area contributed by atoms with Crippen LogP contribution in [0, 0.1) is 0 Å². The summed E-state index contributed by atoms with van der Waals surface area (Å²) in [7, 11) is 13.8. The van der Waals surface area contributed by atoms with Crippen LogP contribution in [0.4, 0.5) is 0 Å². The average molecular weight is 1410 g/mol. The van der Waals surface area contributed by atoms with Crippen LogP contribution in [0.15, 0.2) is 98.5 Å². The van der Waals surface area contributed by atoms with Crippen LogP contribution < -0.4 is 31.9 Å². The Morgan fingerprint density at radius 3 is 0.800 bits per heavy atom. The van der Waals surface area contributed by atoms with E-state index in [1.165, 1.54) is 51.4 Å². The highest BCUT2D eigenvalue weighted by Crippen LogP contribution is 2.26. The number of unbranched alkanes of at least 4 members (excludes halogenated alkanes) is 24. The summed E-state index contributed by atoms with van der Waals surface area (Å²) in [5, 5.41) is 17.4. The minimum atomic E-state index is -0.0390. The molecule has 0 saturated heterocycles. The third-order valence-electron chi connectivity index (χ3n) is 14.9. The van der Waals surface area contributed by atoms with E-state index >= 15 is 0 Å². The third kappa shape index (κ3) is 68.8. The Hall–Kier alpha value is -4.96. The molecule has 4 atom stereocenters. The van der Waals surface area contributed by atoms with Crippen LogP contribution in [0.2, 0.25) is 0 Å². The molecule has 8 N–H and O–H groups in total. The van der Waals surface area contributed by atoms with E-state index in [1.54, 1.807) is 109 Å². The third-order valence-corrected chi connectivity index (χ3v) is 19.8. The first-order chi connectivity index (χ1) is 45.4. The number of hydrogen-bond donors (Lipinski definition) is 6. The van der Waals surface area contributed by atoms with Crippen LogP contribution in [0.5, 0.6) is 0 Å². The van der Waals surface area contributed by atoms with Gasteiger partial charge in [-0.05, 0) is 89.9 Å². The summed E-state index contributed by atoms with van der Waals surface area (Å²) in [6, 6.07) is -0.0802. The second-order valence-corrected chi connectivity index (χ2v) is 29.0. The Labute approximate surface area is 593 Å². The number of carbonyl (C=O) groups excluding carboxylic acids is 8. The number of hydrogen-bond acceptors (Lipinski definition) is 12. The molecule has 0 bridgehead atoms. The zero-order valence-corrected chi connectivity index (χ0v) is 63.2. The van der Waals surface area contributed by atoms with Crippen molar-refractivity contribution in [1.29, 1.82) is 0 Å². The maximum absolute atomic E-state index is 12.1. The van der Waals surface area contributed by atoms with Crippen LogP contribution in [-0.4, -0.2) is 138 Å². The molecule has 0 radical (unpaired) electrons. The van der Waals surface area contributed by atoms with E-state index in [9.17, 15) is 38.4 Å². The van der Waals surface area contributed by atoms with Crippen molar-refractivity contribution in [3.8, 4) is 0 Å². The van der Waals surface area contributed by atoms with Gasteiger partial charge < -0.3 is 47.2 Å². The molecule has 0 fully saturated rings. The van der Waals surface area contributed by atoms with E-state index in [2.05, 4.69) is 93.7 Å². The molecular weight excluding hydrogens is 1270 g/mol. The van der Waals surface area contributed by atoms with Gasteiger partial charge in [0, 0.05) is 117 Å². The molecule has 0 rings (SSSR count). The average Bonchev–Trinajstić information content (AvgIpc) is 3.23. The van der Waals surface area contributed by atoms with E-state index in [-0.39, 0.29) is 78.3 Å². The lowest BCUT2D eigenvalue weighted by atomic mass is 10.1. The molecule has 21 heteroatoms. The quantitative estimate of drug-likeness (QED) is 0.0189. The van der Waals surface area contributed by atoms with Gasteiger partial charge in [-0.25, -0.2) is 0 Å². The van der Waals surface area contributed by atoms with E-state index in [1.807, 2.05) is 36.7 Å². The van der Waals surface area contributed by atoms with Gasteiger partial charge in [0.2, 0.25) is 47.3 Å². The number of nitrogens with one attached hydrogen (secondary N) is 6. The molecule has 0 aliphatic heterocycles. The van der Waals surface area contributed by atoms with Crippen LogP contribution in [0.1, 0.15) is 247 Å². The second-order valence-electron chi connectivity index (χ2n) is 23.9. The molecule has 0 aromatic heterocycles. The second kappa shape index (κ2) is 70.4. The first kappa shape index (κ1) is 94.2. The Kier molecular flexibility index (Phi) is 69.8. The topological polar surface area (TPSA) is 247 Å². The molecule has 0 aliphatic rings. The standard InChI is InChI=1S/C42H70N4O4S2.C32H58N4O4S2.H2O/c1-7-9-27-33-45(5)41(49)31-25-21-17-13-11-15-19-23-29-39(43-37(3)47)35-51-52-36-40(44-38(4)48)30-24-20-16-12-14-18-22-26-32-42(50)46(6)34-28-10-8-2;1-27(37)35-29(21-17-13-9-5-7-11-15-19-23-31(39)33-3)25-41-42-26-30(36-28(2)38)22-18-14-10-6-8-12-16-20-24-32(40)34-4;/h7-8,23-24,27-30,33-34,39-40H,1-2,9-22,25-26,31-32,35-36H2,3-6H3,(H,43,47)(H,44,48);17-18,21-22,29-30H,5-16,19-20,23-26H2,1-4H3,(H,33,39)(H,34,40)(H,35,37)(H,36,38);1H2/p+1/b29-23+,30-24+,33-27+,34-28+;21-17+,22-18+;/t39-,40?;29-,30?;/m11./s1. The minimum absolute atomic E-state index is 0. The van der Waals surface area contributed by atoms with Crippen LogP contribution in [-0.2, 0) is 38.4 Å². The molecular formula is C74H131N8O9S4+. The van der Waals surface area contributed by atoms with Crippen molar-refractivity contribution in [2.45, 2.75) is 270 Å². The van der Waals surface area contributed by atoms with Crippen molar-refractivity contribution in [2.24, 2.45) is 0 Å². The van der Waals surface area contributed by atoms with Crippen LogP contribution >= 0.6 is 43.2 Å². The van der Waals surface area contributed by atoms with Crippen molar-refractivity contribution in [3.63, 3.8) is 0 Å². The highest BCUT2D eigenvalue weighted by atomic mass is 33.1. The summed E-state index contributed by atoms with van der Waals surface area (Å²) in [6.07, 6.45) is 62.8. The molecule has 0 saturated carbocycles. The molecule has 8 amide bonds. The molecule has 95 heavy (non-hydrogen) atoms. The zero-order chi connectivity index (χ0) is 69.9. The lowest BCUT2D eigenvalue weighted by Gasteiger charge is -2.16. The predicted octanol–water partition coefficient (Wildman–Crippen LogP) is 15.3.